The van der Waals surface area contributed by atoms with Crippen molar-refractivity contribution in [2.75, 3.05) is 25.6 Å². The molecule has 0 radical (unpaired) electrons. The van der Waals surface area contributed by atoms with Gasteiger partial charge in [0.1, 0.15) is 11.3 Å². The molecular formula is C20H23NO6. The highest BCUT2D eigenvalue weighted by molar-refractivity contribution is 5.94. The molecule has 0 aliphatic rings. The Kier molecular flexibility index (Phi) is 7.49. The van der Waals surface area contributed by atoms with Crippen LogP contribution in [0.4, 0.5) is 5.69 Å². The van der Waals surface area contributed by atoms with E-state index >= 15 is 0 Å². The summed E-state index contributed by atoms with van der Waals surface area (Å²) in [6, 6.07) is 11.8. The zero-order chi connectivity index (χ0) is 19.6. The SMILES string of the molecule is CCOc1ccccc1OCCCC(=O)Nc1ccc(C(=O)O)c(OC)c1. The number of methoxy groups -OCH3 is 1. The normalized spacial score (nSPS) is 10.1. The number of carbonyl (C=O) groups is 2. The minimum Gasteiger partial charge on any atom is -0.496 e. The Balaban J connectivity index is 1.82. The second-order valence-electron chi connectivity index (χ2n) is 5.60. The lowest BCUT2D eigenvalue weighted by Gasteiger charge is -2.12. The maximum absolute atomic E-state index is 12.1. The van der Waals surface area contributed by atoms with Gasteiger partial charge in [-0.3, -0.25) is 4.79 Å². The highest BCUT2D eigenvalue weighted by atomic mass is 16.5. The van der Waals surface area contributed by atoms with E-state index in [1.807, 2.05) is 31.2 Å². The molecule has 2 rings (SSSR count). The summed E-state index contributed by atoms with van der Waals surface area (Å²) in [5.41, 5.74) is 0.515. The molecule has 0 aliphatic heterocycles. The van der Waals surface area contributed by atoms with E-state index in [0.717, 1.165) is 0 Å². The van der Waals surface area contributed by atoms with Crippen LogP contribution >= 0.6 is 0 Å². The molecule has 0 saturated carbocycles. The first-order chi connectivity index (χ1) is 13.0. The zero-order valence-corrected chi connectivity index (χ0v) is 15.4. The van der Waals surface area contributed by atoms with E-state index in [0.29, 0.717) is 36.8 Å². The molecule has 1 amide bonds. The van der Waals surface area contributed by atoms with Gasteiger partial charge in [-0.25, -0.2) is 4.79 Å². The summed E-state index contributed by atoms with van der Waals surface area (Å²) in [6.45, 7) is 2.82. The van der Waals surface area contributed by atoms with E-state index < -0.39 is 5.97 Å². The molecule has 2 aromatic carbocycles. The number of aromatic carboxylic acids is 1. The van der Waals surface area contributed by atoms with Gasteiger partial charge in [-0.05, 0) is 37.6 Å². The molecule has 0 unspecified atom stereocenters. The molecule has 7 nitrogen and oxygen atoms in total. The topological polar surface area (TPSA) is 94.1 Å². The van der Waals surface area contributed by atoms with Crippen molar-refractivity contribution in [3.8, 4) is 17.2 Å². The average Bonchev–Trinajstić information content (AvgIpc) is 2.66. The lowest BCUT2D eigenvalue weighted by Crippen LogP contribution is -2.13. The zero-order valence-electron chi connectivity index (χ0n) is 15.4. The number of nitrogens with one attached hydrogen (secondary N) is 1. The van der Waals surface area contributed by atoms with Gasteiger partial charge in [0.2, 0.25) is 5.91 Å². The van der Waals surface area contributed by atoms with Crippen LogP contribution in [0.5, 0.6) is 17.2 Å². The molecule has 0 spiro atoms. The second-order valence-corrected chi connectivity index (χ2v) is 5.60. The van der Waals surface area contributed by atoms with Crippen molar-refractivity contribution in [2.24, 2.45) is 0 Å². The largest absolute Gasteiger partial charge is 0.496 e. The van der Waals surface area contributed by atoms with Crippen molar-refractivity contribution in [2.45, 2.75) is 19.8 Å². The average molecular weight is 373 g/mol. The Labute approximate surface area is 157 Å². The predicted molar refractivity (Wildman–Crippen MR) is 101 cm³/mol. The molecule has 0 saturated heterocycles. The molecular weight excluding hydrogens is 350 g/mol. The van der Waals surface area contributed by atoms with Gasteiger partial charge in [0.15, 0.2) is 11.5 Å². The molecule has 0 aromatic heterocycles. The van der Waals surface area contributed by atoms with Gasteiger partial charge in [0.05, 0.1) is 20.3 Å². The number of hydrogen-bond acceptors (Lipinski definition) is 5. The first kappa shape index (κ1) is 20.1. The molecule has 2 aromatic rings. The number of ether oxygens (including phenoxy) is 3. The van der Waals surface area contributed by atoms with Gasteiger partial charge < -0.3 is 24.6 Å². The fourth-order valence-corrected chi connectivity index (χ4v) is 2.43. The summed E-state index contributed by atoms with van der Waals surface area (Å²) in [4.78, 5) is 23.1. The Hall–Kier alpha value is -3.22. The summed E-state index contributed by atoms with van der Waals surface area (Å²) in [5, 5.41) is 11.8. The summed E-state index contributed by atoms with van der Waals surface area (Å²) in [6.07, 6.45) is 0.788. The summed E-state index contributed by atoms with van der Waals surface area (Å²) in [7, 11) is 1.38. The maximum atomic E-state index is 12.1. The number of carboxylic acids is 1. The standard InChI is InChI=1S/C20H23NO6/c1-3-26-16-7-4-5-8-17(16)27-12-6-9-19(22)21-14-10-11-15(20(23)24)18(13-14)25-2/h4-5,7-8,10-11,13H,3,6,9,12H2,1-2H3,(H,21,22)(H,23,24). The van der Waals surface area contributed by atoms with Crippen LogP contribution in [0.1, 0.15) is 30.1 Å². The van der Waals surface area contributed by atoms with Gasteiger partial charge >= 0.3 is 5.97 Å². The molecule has 144 valence electrons. The first-order valence-corrected chi connectivity index (χ1v) is 8.61. The van der Waals surface area contributed by atoms with Gasteiger partial charge in [-0.1, -0.05) is 12.1 Å². The third-order valence-electron chi connectivity index (χ3n) is 3.67. The van der Waals surface area contributed by atoms with Crippen molar-refractivity contribution < 1.29 is 28.9 Å². The number of rotatable bonds is 10. The Morgan fingerprint density at radius 2 is 1.74 bits per heavy atom. The molecule has 27 heavy (non-hydrogen) atoms. The van der Waals surface area contributed by atoms with Crippen molar-refractivity contribution >= 4 is 17.6 Å². The van der Waals surface area contributed by atoms with Crippen LogP contribution in [0.2, 0.25) is 0 Å². The Bertz CT molecular complexity index is 790. The van der Waals surface area contributed by atoms with Crippen molar-refractivity contribution in [3.63, 3.8) is 0 Å². The van der Waals surface area contributed by atoms with Crippen molar-refractivity contribution in [1.82, 2.24) is 0 Å². The molecule has 0 heterocycles. The minimum atomic E-state index is -1.09. The van der Waals surface area contributed by atoms with Gasteiger partial charge in [0, 0.05) is 18.2 Å². The van der Waals surface area contributed by atoms with Crippen molar-refractivity contribution in [1.29, 1.82) is 0 Å². The molecule has 0 aliphatic carbocycles. The van der Waals surface area contributed by atoms with Crippen LogP contribution in [0.3, 0.4) is 0 Å². The predicted octanol–water partition coefficient (Wildman–Crippen LogP) is 3.59. The van der Waals surface area contributed by atoms with Crippen LogP contribution < -0.4 is 19.5 Å². The molecule has 0 atom stereocenters. The quantitative estimate of drug-likeness (QED) is 0.618. The van der Waals surface area contributed by atoms with Gasteiger partial charge in [-0.15, -0.1) is 0 Å². The fourth-order valence-electron chi connectivity index (χ4n) is 2.43. The molecule has 7 heteroatoms. The smallest absolute Gasteiger partial charge is 0.339 e. The Morgan fingerprint density at radius 1 is 1.04 bits per heavy atom. The fraction of sp³-hybridized carbons (Fsp3) is 0.300. The van der Waals surface area contributed by atoms with Crippen LogP contribution in [-0.2, 0) is 4.79 Å². The number of benzene rings is 2. The van der Waals surface area contributed by atoms with Crippen LogP contribution in [0, 0.1) is 0 Å². The van der Waals surface area contributed by atoms with E-state index in [9.17, 15) is 9.59 Å². The third-order valence-corrected chi connectivity index (χ3v) is 3.67. The Morgan fingerprint density at radius 3 is 2.37 bits per heavy atom. The van der Waals surface area contributed by atoms with E-state index in [1.165, 1.54) is 25.3 Å². The number of carbonyl (C=O) groups excluding carboxylic acids is 1. The molecule has 2 N–H and O–H groups in total. The summed E-state index contributed by atoms with van der Waals surface area (Å²) < 4.78 is 16.2. The first-order valence-electron chi connectivity index (χ1n) is 8.61. The molecule has 0 bridgehead atoms. The summed E-state index contributed by atoms with van der Waals surface area (Å²) >= 11 is 0. The maximum Gasteiger partial charge on any atom is 0.339 e. The van der Waals surface area contributed by atoms with E-state index in [-0.39, 0.29) is 23.6 Å². The third kappa shape index (κ3) is 5.91. The highest BCUT2D eigenvalue weighted by Crippen LogP contribution is 2.26. The monoisotopic (exact) mass is 373 g/mol. The highest BCUT2D eigenvalue weighted by Gasteiger charge is 2.12. The lowest BCUT2D eigenvalue weighted by molar-refractivity contribution is -0.116. The van der Waals surface area contributed by atoms with E-state index in [2.05, 4.69) is 5.32 Å². The van der Waals surface area contributed by atoms with E-state index in [1.54, 1.807) is 0 Å². The number of amides is 1. The number of para-hydroxylation sites is 2. The van der Waals surface area contributed by atoms with E-state index in [4.69, 9.17) is 19.3 Å². The minimum absolute atomic E-state index is 0.0388. The second kappa shape index (κ2) is 10.1. The number of carboxylic acid groups (broad SMARTS) is 1. The van der Waals surface area contributed by atoms with Gasteiger partial charge in [0.25, 0.3) is 0 Å². The van der Waals surface area contributed by atoms with Crippen LogP contribution in [0.25, 0.3) is 0 Å². The molecule has 0 fully saturated rings. The van der Waals surface area contributed by atoms with Gasteiger partial charge in [-0.2, -0.15) is 0 Å². The van der Waals surface area contributed by atoms with Crippen LogP contribution in [0.15, 0.2) is 42.5 Å². The summed E-state index contributed by atoms with van der Waals surface area (Å²) in [5.74, 6) is 0.232. The van der Waals surface area contributed by atoms with Crippen molar-refractivity contribution in [3.05, 3.63) is 48.0 Å². The lowest BCUT2D eigenvalue weighted by atomic mass is 10.1. The number of hydrogen-bond donors (Lipinski definition) is 2. The number of anilines is 1. The van der Waals surface area contributed by atoms with Crippen LogP contribution in [-0.4, -0.2) is 37.3 Å².